The van der Waals surface area contributed by atoms with Gasteiger partial charge in [0, 0.05) is 75.8 Å². The monoisotopic (exact) mass is 430 g/mol. The van der Waals surface area contributed by atoms with Gasteiger partial charge in [-0.05, 0) is 19.3 Å². The Morgan fingerprint density at radius 3 is 1.87 bits per heavy atom. The highest BCUT2D eigenvalue weighted by molar-refractivity contribution is 5.46. The lowest BCUT2D eigenvalue weighted by molar-refractivity contribution is 0.441. The van der Waals surface area contributed by atoms with Crippen LogP contribution >= 0.6 is 0 Å². The Bertz CT molecular complexity index is 763. The van der Waals surface area contributed by atoms with E-state index >= 15 is 0 Å². The van der Waals surface area contributed by atoms with Gasteiger partial charge in [-0.1, -0.05) is 0 Å². The normalized spacial score (nSPS) is 26.8. The Labute approximate surface area is 182 Å². The highest BCUT2D eigenvalue weighted by atomic mass is 15.4. The van der Waals surface area contributed by atoms with Gasteiger partial charge in [-0.2, -0.15) is 15.0 Å². The first-order valence-electron chi connectivity index (χ1n) is 10.9. The summed E-state index contributed by atoms with van der Waals surface area (Å²) >= 11 is 0. The Morgan fingerprint density at radius 2 is 1.39 bits per heavy atom. The van der Waals surface area contributed by atoms with Crippen LogP contribution in [0.2, 0.25) is 0 Å². The maximum Gasteiger partial charge on any atom is 0.232 e. The van der Waals surface area contributed by atoms with Crippen molar-refractivity contribution in [1.29, 1.82) is 0 Å². The molecule has 2 aromatic rings. The highest BCUT2D eigenvalue weighted by Crippen LogP contribution is 2.22. The molecule has 0 radical (unpaired) electrons. The predicted octanol–water partition coefficient (Wildman–Crippen LogP) is -1.70. The fraction of sp³-hybridized carbons (Fsp3) is 0.684. The number of aryl methyl sites for hydroxylation is 1. The van der Waals surface area contributed by atoms with Crippen molar-refractivity contribution in [3.8, 4) is 0 Å². The van der Waals surface area contributed by atoms with E-state index in [0.29, 0.717) is 44.0 Å². The topological polar surface area (TPSA) is 179 Å². The van der Waals surface area contributed by atoms with Crippen LogP contribution in [0.15, 0.2) is 18.7 Å². The maximum absolute atomic E-state index is 6.19. The Balaban J connectivity index is 1.51. The van der Waals surface area contributed by atoms with Crippen LogP contribution in [0.1, 0.15) is 19.3 Å². The number of nitrogens with two attached hydrogens (primary N) is 4. The molecule has 2 fully saturated rings. The minimum Gasteiger partial charge on any atom is -0.354 e. The van der Waals surface area contributed by atoms with E-state index in [0.717, 1.165) is 32.4 Å². The van der Waals surface area contributed by atoms with Gasteiger partial charge < -0.3 is 42.6 Å². The molecule has 0 aliphatic carbocycles. The first-order chi connectivity index (χ1) is 15.0. The summed E-state index contributed by atoms with van der Waals surface area (Å²) in [6.45, 7) is 4.24. The second-order valence-corrected chi connectivity index (χ2v) is 8.66. The molecule has 12 nitrogen and oxygen atoms in total. The number of aromatic nitrogens is 5. The zero-order valence-corrected chi connectivity index (χ0v) is 17.8. The Kier molecular flexibility index (Phi) is 6.80. The molecule has 2 saturated heterocycles. The fourth-order valence-corrected chi connectivity index (χ4v) is 4.28. The summed E-state index contributed by atoms with van der Waals surface area (Å²) in [4.78, 5) is 22.2. The molecule has 4 heterocycles. The van der Waals surface area contributed by atoms with E-state index in [1.807, 2.05) is 26.9 Å². The molecule has 0 aromatic carbocycles. The van der Waals surface area contributed by atoms with Crippen LogP contribution in [0, 0.1) is 0 Å². The molecular weight excluding hydrogens is 396 g/mol. The van der Waals surface area contributed by atoms with Crippen molar-refractivity contribution < 1.29 is 0 Å². The number of imidazole rings is 1. The smallest absolute Gasteiger partial charge is 0.232 e. The molecule has 2 aromatic heterocycles. The summed E-state index contributed by atoms with van der Waals surface area (Å²) in [7, 11) is 0. The SMILES string of the molecule is N[C@@H]1C[C@H](N)CN(c2nc(NCCCn3ccnc3)nc(N3C[C@H](N)C[C@H](N)C3)n2)C1. The van der Waals surface area contributed by atoms with Crippen LogP contribution in [0.25, 0.3) is 0 Å². The van der Waals surface area contributed by atoms with E-state index in [4.69, 9.17) is 27.9 Å². The van der Waals surface area contributed by atoms with Gasteiger partial charge in [-0.25, -0.2) is 4.98 Å². The molecule has 0 bridgehead atoms. The van der Waals surface area contributed by atoms with Crippen molar-refractivity contribution >= 4 is 17.8 Å². The quantitative estimate of drug-likeness (QED) is 0.316. The molecule has 9 N–H and O–H groups in total. The van der Waals surface area contributed by atoms with E-state index in [9.17, 15) is 0 Å². The summed E-state index contributed by atoms with van der Waals surface area (Å²) in [5.74, 6) is 1.70. The largest absolute Gasteiger partial charge is 0.354 e. The molecule has 12 heteroatoms. The average molecular weight is 431 g/mol. The Hall–Kier alpha value is -2.54. The summed E-state index contributed by atoms with van der Waals surface area (Å²) in [5, 5.41) is 3.34. The van der Waals surface area contributed by atoms with Crippen molar-refractivity contribution in [2.75, 3.05) is 47.8 Å². The third kappa shape index (κ3) is 5.79. The molecule has 0 amide bonds. The van der Waals surface area contributed by atoms with E-state index in [-0.39, 0.29) is 24.2 Å². The van der Waals surface area contributed by atoms with E-state index in [2.05, 4.69) is 20.3 Å². The van der Waals surface area contributed by atoms with Gasteiger partial charge in [0.05, 0.1) is 6.33 Å². The Morgan fingerprint density at radius 1 is 0.839 bits per heavy atom. The summed E-state index contributed by atoms with van der Waals surface area (Å²) in [5.41, 5.74) is 24.8. The lowest BCUT2D eigenvalue weighted by Gasteiger charge is -2.37. The van der Waals surface area contributed by atoms with Gasteiger partial charge >= 0.3 is 0 Å². The number of rotatable bonds is 7. The maximum atomic E-state index is 6.19. The third-order valence-corrected chi connectivity index (χ3v) is 5.64. The van der Waals surface area contributed by atoms with E-state index in [1.165, 1.54) is 0 Å². The van der Waals surface area contributed by atoms with Gasteiger partial charge in [0.25, 0.3) is 0 Å². The van der Waals surface area contributed by atoms with Crippen LogP contribution in [-0.2, 0) is 6.54 Å². The molecule has 0 spiro atoms. The van der Waals surface area contributed by atoms with Crippen LogP contribution in [0.4, 0.5) is 17.8 Å². The molecule has 2 aliphatic rings. The zero-order chi connectivity index (χ0) is 21.8. The second-order valence-electron chi connectivity index (χ2n) is 8.66. The summed E-state index contributed by atoms with van der Waals surface area (Å²) in [6, 6.07) is -0.0282. The predicted molar refractivity (Wildman–Crippen MR) is 121 cm³/mol. The van der Waals surface area contributed by atoms with Crippen molar-refractivity contribution in [2.24, 2.45) is 22.9 Å². The van der Waals surface area contributed by atoms with Crippen LogP contribution in [-0.4, -0.2) is 81.4 Å². The fourth-order valence-electron chi connectivity index (χ4n) is 4.28. The summed E-state index contributed by atoms with van der Waals surface area (Å²) < 4.78 is 2.04. The molecule has 170 valence electrons. The van der Waals surface area contributed by atoms with E-state index in [1.54, 1.807) is 6.20 Å². The number of nitrogens with one attached hydrogen (secondary N) is 1. The van der Waals surface area contributed by atoms with Crippen LogP contribution in [0.5, 0.6) is 0 Å². The van der Waals surface area contributed by atoms with Gasteiger partial charge in [-0.3, -0.25) is 0 Å². The lowest BCUT2D eigenvalue weighted by atomic mass is 10.0. The van der Waals surface area contributed by atoms with Crippen molar-refractivity contribution in [3.05, 3.63) is 18.7 Å². The first kappa shape index (κ1) is 21.7. The highest BCUT2D eigenvalue weighted by Gasteiger charge is 2.28. The van der Waals surface area contributed by atoms with Gasteiger partial charge in [0.2, 0.25) is 17.8 Å². The number of hydrogen-bond donors (Lipinski definition) is 5. The molecule has 4 rings (SSSR count). The number of hydrogen-bond acceptors (Lipinski definition) is 11. The molecular formula is C19H34N12. The third-order valence-electron chi connectivity index (χ3n) is 5.64. The van der Waals surface area contributed by atoms with Crippen LogP contribution in [0.3, 0.4) is 0 Å². The standard InChI is InChI=1S/C19H34N12/c20-13-6-14(21)9-30(8-13)18-26-17(25-2-1-4-29-5-3-24-12-29)27-19(28-18)31-10-15(22)7-16(23)11-31/h3,5,12-16H,1-2,4,6-11,20-23H2,(H,25,26,27,28)/t13-,14+,15-,16+. The average Bonchev–Trinajstić information content (AvgIpc) is 3.23. The van der Waals surface area contributed by atoms with E-state index < -0.39 is 0 Å². The first-order valence-corrected chi connectivity index (χ1v) is 10.9. The second kappa shape index (κ2) is 9.73. The summed E-state index contributed by atoms with van der Waals surface area (Å²) in [6.07, 6.45) is 8.04. The van der Waals surface area contributed by atoms with Gasteiger partial charge in [0.1, 0.15) is 0 Å². The van der Waals surface area contributed by atoms with Crippen LogP contribution < -0.4 is 38.1 Å². The number of anilines is 3. The minimum absolute atomic E-state index is 0.00705. The minimum atomic E-state index is -0.00705. The molecule has 2 aliphatic heterocycles. The molecule has 4 atom stereocenters. The molecule has 0 unspecified atom stereocenters. The molecule has 31 heavy (non-hydrogen) atoms. The molecule has 0 saturated carbocycles. The zero-order valence-electron chi connectivity index (χ0n) is 17.8. The van der Waals surface area contributed by atoms with Crippen molar-refractivity contribution in [2.45, 2.75) is 50.0 Å². The van der Waals surface area contributed by atoms with Gasteiger partial charge in [0.15, 0.2) is 0 Å². The van der Waals surface area contributed by atoms with Crippen molar-refractivity contribution in [1.82, 2.24) is 24.5 Å². The van der Waals surface area contributed by atoms with Gasteiger partial charge in [-0.15, -0.1) is 0 Å². The number of piperidine rings is 2. The lowest BCUT2D eigenvalue weighted by Crippen LogP contribution is -2.54. The van der Waals surface area contributed by atoms with Crippen molar-refractivity contribution in [3.63, 3.8) is 0 Å². The number of nitrogens with zero attached hydrogens (tertiary/aromatic N) is 7.